The Kier molecular flexibility index (Phi) is 1.96. The largest absolute Gasteiger partial charge is 0.427 e. The first-order valence-electron chi connectivity index (χ1n) is 4.12. The molecule has 0 aliphatic carbocycles. The van der Waals surface area contributed by atoms with Crippen LogP contribution >= 0.6 is 0 Å². The van der Waals surface area contributed by atoms with Crippen LogP contribution in [0.4, 0.5) is 4.39 Å². The first kappa shape index (κ1) is 8.74. The predicted octanol–water partition coefficient (Wildman–Crippen LogP) is 2.23. The Morgan fingerprint density at radius 2 is 2.29 bits per heavy atom. The summed E-state index contributed by atoms with van der Waals surface area (Å²) in [7, 11) is 0. The maximum Gasteiger partial charge on any atom is 0.308 e. The van der Waals surface area contributed by atoms with Crippen molar-refractivity contribution in [3.8, 4) is 5.75 Å². The van der Waals surface area contributed by atoms with Crippen LogP contribution in [-0.2, 0) is 4.79 Å². The van der Waals surface area contributed by atoms with Gasteiger partial charge in [-0.3, -0.25) is 4.79 Å². The minimum atomic E-state index is -0.463. The third kappa shape index (κ3) is 1.46. The van der Waals surface area contributed by atoms with Crippen LogP contribution in [0.2, 0.25) is 0 Å². The van der Waals surface area contributed by atoms with Gasteiger partial charge in [-0.2, -0.15) is 0 Å². The van der Waals surface area contributed by atoms with Crippen LogP contribution in [0.3, 0.4) is 0 Å². The maximum absolute atomic E-state index is 13.3. The SMILES string of the molecule is CC(=O)Oc1cc(F)c2cc[nH]c2c1. The Morgan fingerprint density at radius 1 is 1.50 bits per heavy atom. The van der Waals surface area contributed by atoms with Crippen LogP contribution in [0.15, 0.2) is 24.4 Å². The number of hydrogen-bond acceptors (Lipinski definition) is 2. The Bertz CT molecular complexity index is 490. The van der Waals surface area contributed by atoms with Crippen molar-refractivity contribution in [3.63, 3.8) is 0 Å². The van der Waals surface area contributed by atoms with E-state index in [4.69, 9.17) is 4.74 Å². The smallest absolute Gasteiger partial charge is 0.308 e. The van der Waals surface area contributed by atoms with Gasteiger partial charge < -0.3 is 9.72 Å². The van der Waals surface area contributed by atoms with E-state index in [2.05, 4.69) is 4.98 Å². The molecule has 4 heteroatoms. The van der Waals surface area contributed by atoms with Gasteiger partial charge in [-0.05, 0) is 6.07 Å². The summed E-state index contributed by atoms with van der Waals surface area (Å²) >= 11 is 0. The lowest BCUT2D eigenvalue weighted by Gasteiger charge is -2.01. The minimum absolute atomic E-state index is 0.213. The van der Waals surface area contributed by atoms with Gasteiger partial charge in [0.2, 0.25) is 0 Å². The fourth-order valence-electron chi connectivity index (χ4n) is 1.32. The summed E-state index contributed by atoms with van der Waals surface area (Å²) in [6, 6.07) is 4.40. The molecular weight excluding hydrogens is 185 g/mol. The lowest BCUT2D eigenvalue weighted by atomic mass is 10.2. The molecule has 0 atom stereocenters. The number of halogens is 1. The lowest BCUT2D eigenvalue weighted by molar-refractivity contribution is -0.131. The van der Waals surface area contributed by atoms with E-state index in [1.54, 1.807) is 18.3 Å². The summed E-state index contributed by atoms with van der Waals surface area (Å²) in [5.41, 5.74) is 0.612. The van der Waals surface area contributed by atoms with E-state index in [0.29, 0.717) is 10.9 Å². The van der Waals surface area contributed by atoms with Crippen LogP contribution in [0.5, 0.6) is 5.75 Å². The molecule has 0 saturated carbocycles. The molecule has 0 spiro atoms. The molecule has 0 amide bonds. The molecule has 3 nitrogen and oxygen atoms in total. The molecule has 2 aromatic rings. The number of nitrogens with one attached hydrogen (secondary N) is 1. The fraction of sp³-hybridized carbons (Fsp3) is 0.100. The number of ether oxygens (including phenoxy) is 1. The molecular formula is C10H8FNO2. The molecule has 0 aliphatic heterocycles. The van der Waals surface area contributed by atoms with Crippen molar-refractivity contribution in [3.05, 3.63) is 30.2 Å². The summed E-state index contributed by atoms with van der Waals surface area (Å²) in [5.74, 6) is -0.653. The third-order valence-electron chi connectivity index (χ3n) is 1.85. The van der Waals surface area contributed by atoms with Gasteiger partial charge >= 0.3 is 5.97 Å². The second-order valence-electron chi connectivity index (χ2n) is 2.94. The standard InChI is InChI=1S/C10H8FNO2/c1-6(13)14-7-4-9(11)8-2-3-12-10(8)5-7/h2-5,12H,1H3. The van der Waals surface area contributed by atoms with E-state index in [-0.39, 0.29) is 5.75 Å². The number of aromatic nitrogens is 1. The molecule has 14 heavy (non-hydrogen) atoms. The molecule has 0 fully saturated rings. The average molecular weight is 193 g/mol. The predicted molar refractivity (Wildman–Crippen MR) is 49.6 cm³/mol. The summed E-state index contributed by atoms with van der Waals surface area (Å²) < 4.78 is 18.1. The molecule has 0 aliphatic rings. The molecule has 1 N–H and O–H groups in total. The molecule has 0 unspecified atom stereocenters. The first-order chi connectivity index (χ1) is 6.66. The number of carbonyl (C=O) groups is 1. The van der Waals surface area contributed by atoms with Gasteiger partial charge in [0.05, 0.1) is 5.52 Å². The van der Waals surface area contributed by atoms with Crippen LogP contribution in [0.25, 0.3) is 10.9 Å². The van der Waals surface area contributed by atoms with Crippen molar-refractivity contribution in [2.45, 2.75) is 6.92 Å². The van der Waals surface area contributed by atoms with Gasteiger partial charge in [-0.15, -0.1) is 0 Å². The van der Waals surface area contributed by atoms with Crippen molar-refractivity contribution in [1.29, 1.82) is 0 Å². The van der Waals surface area contributed by atoms with Crippen molar-refractivity contribution in [2.75, 3.05) is 0 Å². The molecule has 0 bridgehead atoms. The second-order valence-corrected chi connectivity index (χ2v) is 2.94. The molecule has 0 saturated heterocycles. The highest BCUT2D eigenvalue weighted by atomic mass is 19.1. The first-order valence-corrected chi connectivity index (χ1v) is 4.12. The van der Waals surface area contributed by atoms with Crippen molar-refractivity contribution in [2.24, 2.45) is 0 Å². The Hall–Kier alpha value is -1.84. The van der Waals surface area contributed by atoms with Crippen molar-refractivity contribution in [1.82, 2.24) is 4.98 Å². The van der Waals surface area contributed by atoms with Crippen molar-refractivity contribution >= 4 is 16.9 Å². The quantitative estimate of drug-likeness (QED) is 0.557. The monoisotopic (exact) mass is 193 g/mol. The minimum Gasteiger partial charge on any atom is -0.427 e. The summed E-state index contributed by atoms with van der Waals surface area (Å²) in [6.07, 6.45) is 1.63. The zero-order valence-corrected chi connectivity index (χ0v) is 7.50. The molecule has 1 heterocycles. The molecule has 1 aromatic carbocycles. The number of benzene rings is 1. The van der Waals surface area contributed by atoms with E-state index in [1.165, 1.54) is 13.0 Å². The average Bonchev–Trinajstić information content (AvgIpc) is 2.50. The highest BCUT2D eigenvalue weighted by Gasteiger charge is 2.06. The van der Waals surface area contributed by atoms with E-state index < -0.39 is 11.8 Å². The van der Waals surface area contributed by atoms with Gasteiger partial charge in [0.1, 0.15) is 11.6 Å². The normalized spacial score (nSPS) is 10.4. The summed E-state index contributed by atoms with van der Waals surface area (Å²) in [6.45, 7) is 1.27. The number of fused-ring (bicyclic) bond motifs is 1. The zero-order chi connectivity index (χ0) is 10.1. The maximum atomic E-state index is 13.3. The van der Waals surface area contributed by atoms with Gasteiger partial charge in [-0.1, -0.05) is 0 Å². The fourth-order valence-corrected chi connectivity index (χ4v) is 1.32. The molecule has 2 rings (SSSR count). The summed E-state index contributed by atoms with van der Waals surface area (Å²) in [5, 5.41) is 0.487. The number of rotatable bonds is 1. The lowest BCUT2D eigenvalue weighted by Crippen LogP contribution is -2.01. The van der Waals surface area contributed by atoms with E-state index in [1.807, 2.05) is 0 Å². The van der Waals surface area contributed by atoms with Crippen LogP contribution in [-0.4, -0.2) is 11.0 Å². The Balaban J connectivity index is 2.53. The van der Waals surface area contributed by atoms with E-state index in [9.17, 15) is 9.18 Å². The number of esters is 1. The highest BCUT2D eigenvalue weighted by molar-refractivity contribution is 5.82. The molecule has 0 radical (unpaired) electrons. The number of carbonyl (C=O) groups excluding carboxylic acids is 1. The van der Waals surface area contributed by atoms with Gasteiger partial charge in [0.25, 0.3) is 0 Å². The van der Waals surface area contributed by atoms with Gasteiger partial charge in [-0.25, -0.2) is 4.39 Å². The number of H-pyrrole nitrogens is 1. The van der Waals surface area contributed by atoms with Crippen LogP contribution in [0.1, 0.15) is 6.92 Å². The topological polar surface area (TPSA) is 42.1 Å². The van der Waals surface area contributed by atoms with Gasteiger partial charge in [0.15, 0.2) is 0 Å². The number of hydrogen-bond donors (Lipinski definition) is 1. The Labute approximate surface area is 79.5 Å². The van der Waals surface area contributed by atoms with Crippen LogP contribution in [0, 0.1) is 5.82 Å². The molecule has 1 aromatic heterocycles. The zero-order valence-electron chi connectivity index (χ0n) is 7.50. The van der Waals surface area contributed by atoms with Crippen molar-refractivity contribution < 1.29 is 13.9 Å². The summed E-state index contributed by atoms with van der Waals surface area (Å²) in [4.78, 5) is 13.5. The van der Waals surface area contributed by atoms with Gasteiger partial charge in [0, 0.05) is 30.6 Å². The van der Waals surface area contributed by atoms with E-state index >= 15 is 0 Å². The molecule has 72 valence electrons. The Morgan fingerprint density at radius 3 is 3.00 bits per heavy atom. The van der Waals surface area contributed by atoms with E-state index in [0.717, 1.165) is 0 Å². The second kappa shape index (κ2) is 3.14. The van der Waals surface area contributed by atoms with Crippen LogP contribution < -0.4 is 4.74 Å². The number of aromatic amines is 1. The third-order valence-corrected chi connectivity index (χ3v) is 1.85. The highest BCUT2D eigenvalue weighted by Crippen LogP contribution is 2.23.